The molecule has 0 radical (unpaired) electrons. The summed E-state index contributed by atoms with van der Waals surface area (Å²) in [6.45, 7) is 6.46. The Bertz CT molecular complexity index is 589. The molecule has 0 bridgehead atoms. The molecule has 1 saturated heterocycles. The van der Waals surface area contributed by atoms with Gasteiger partial charge < -0.3 is 25.0 Å². The van der Waals surface area contributed by atoms with Gasteiger partial charge in [0.15, 0.2) is 5.96 Å². The highest BCUT2D eigenvalue weighted by molar-refractivity contribution is 14.0. The monoisotopic (exact) mass is 490 g/mol. The summed E-state index contributed by atoms with van der Waals surface area (Å²) >= 11 is 0. The average molecular weight is 490 g/mol. The number of methoxy groups -OCH3 is 1. The van der Waals surface area contributed by atoms with E-state index in [0.717, 1.165) is 44.4 Å². The Morgan fingerprint density at radius 2 is 2.07 bits per heavy atom. The largest absolute Gasteiger partial charge is 0.497 e. The first-order valence-corrected chi connectivity index (χ1v) is 9.13. The predicted octanol–water partition coefficient (Wildman–Crippen LogP) is 1.98. The molecule has 0 saturated carbocycles. The van der Waals surface area contributed by atoms with Crippen LogP contribution >= 0.6 is 24.0 Å². The summed E-state index contributed by atoms with van der Waals surface area (Å²) in [5, 5.41) is 6.19. The summed E-state index contributed by atoms with van der Waals surface area (Å²) in [6.07, 6.45) is 1.10. The quantitative estimate of drug-likeness (QED) is 0.252. The Morgan fingerprint density at radius 3 is 2.67 bits per heavy atom. The van der Waals surface area contributed by atoms with Crippen LogP contribution in [-0.2, 0) is 4.74 Å². The van der Waals surface area contributed by atoms with Crippen molar-refractivity contribution in [2.24, 2.45) is 10.9 Å². The molecule has 0 aliphatic carbocycles. The van der Waals surface area contributed by atoms with E-state index in [4.69, 9.17) is 9.47 Å². The van der Waals surface area contributed by atoms with Crippen molar-refractivity contribution in [2.75, 3.05) is 53.6 Å². The Hall–Kier alpha value is -1.55. The van der Waals surface area contributed by atoms with Crippen LogP contribution in [0.1, 0.15) is 23.7 Å². The number of amides is 1. The van der Waals surface area contributed by atoms with Gasteiger partial charge in [-0.2, -0.15) is 0 Å². The summed E-state index contributed by atoms with van der Waals surface area (Å²) in [4.78, 5) is 18.9. The van der Waals surface area contributed by atoms with Crippen molar-refractivity contribution in [3.8, 4) is 5.75 Å². The molecule has 1 heterocycles. The zero-order chi connectivity index (χ0) is 18.8. The van der Waals surface area contributed by atoms with Crippen molar-refractivity contribution in [3.63, 3.8) is 0 Å². The van der Waals surface area contributed by atoms with E-state index in [1.165, 1.54) is 0 Å². The van der Waals surface area contributed by atoms with Crippen LogP contribution in [0.3, 0.4) is 0 Å². The van der Waals surface area contributed by atoms with E-state index >= 15 is 0 Å². The van der Waals surface area contributed by atoms with Gasteiger partial charge >= 0.3 is 0 Å². The third-order valence-corrected chi connectivity index (χ3v) is 4.26. The highest BCUT2D eigenvalue weighted by Crippen LogP contribution is 2.13. The SMILES string of the molecule is CCNC(=NCCNC(=O)c1ccc(OC)cc1)N(C)CC1CCOC1.I. The van der Waals surface area contributed by atoms with E-state index in [-0.39, 0.29) is 29.9 Å². The maximum Gasteiger partial charge on any atom is 0.251 e. The Balaban J connectivity index is 0.00000364. The minimum atomic E-state index is -0.107. The maximum absolute atomic E-state index is 12.1. The number of hydrogen-bond donors (Lipinski definition) is 2. The molecule has 1 aliphatic heterocycles. The first kappa shape index (κ1) is 23.5. The number of carbonyl (C=O) groups is 1. The zero-order valence-electron chi connectivity index (χ0n) is 16.4. The van der Waals surface area contributed by atoms with Gasteiger partial charge in [-0.25, -0.2) is 0 Å². The van der Waals surface area contributed by atoms with E-state index in [1.54, 1.807) is 31.4 Å². The number of nitrogens with one attached hydrogen (secondary N) is 2. The lowest BCUT2D eigenvalue weighted by atomic mass is 10.1. The highest BCUT2D eigenvalue weighted by atomic mass is 127. The molecule has 2 rings (SSSR count). The van der Waals surface area contributed by atoms with E-state index in [1.807, 2.05) is 14.0 Å². The van der Waals surface area contributed by atoms with Gasteiger partial charge in [-0.3, -0.25) is 9.79 Å². The normalized spacial score (nSPS) is 16.4. The van der Waals surface area contributed by atoms with Crippen LogP contribution in [0.2, 0.25) is 0 Å². The number of hydrogen-bond acceptors (Lipinski definition) is 4. The van der Waals surface area contributed by atoms with Crippen molar-refractivity contribution >= 4 is 35.8 Å². The van der Waals surface area contributed by atoms with Gasteiger partial charge in [0, 0.05) is 44.8 Å². The van der Waals surface area contributed by atoms with Crippen molar-refractivity contribution in [2.45, 2.75) is 13.3 Å². The summed E-state index contributed by atoms with van der Waals surface area (Å²) < 4.78 is 10.5. The molecule has 1 unspecified atom stereocenters. The van der Waals surface area contributed by atoms with Crippen LogP contribution in [0.15, 0.2) is 29.3 Å². The van der Waals surface area contributed by atoms with Crippen LogP contribution in [-0.4, -0.2) is 70.3 Å². The van der Waals surface area contributed by atoms with Crippen molar-refractivity contribution in [3.05, 3.63) is 29.8 Å². The summed E-state index contributed by atoms with van der Waals surface area (Å²) in [5.74, 6) is 2.04. The molecular weight excluding hydrogens is 459 g/mol. The molecule has 7 nitrogen and oxygen atoms in total. The molecule has 1 fully saturated rings. The standard InChI is InChI=1S/C19H30N4O3.HI/c1-4-20-19(23(2)13-15-9-12-26-14-15)22-11-10-21-18(24)16-5-7-17(25-3)8-6-16;/h5-8,15H,4,9-14H2,1-3H3,(H,20,22)(H,21,24);1H. The van der Waals surface area contributed by atoms with E-state index in [0.29, 0.717) is 24.6 Å². The van der Waals surface area contributed by atoms with E-state index in [2.05, 4.69) is 20.5 Å². The van der Waals surface area contributed by atoms with Gasteiger partial charge in [0.25, 0.3) is 5.91 Å². The first-order valence-electron chi connectivity index (χ1n) is 9.13. The van der Waals surface area contributed by atoms with E-state index < -0.39 is 0 Å². The highest BCUT2D eigenvalue weighted by Gasteiger charge is 2.19. The molecule has 27 heavy (non-hydrogen) atoms. The van der Waals surface area contributed by atoms with Gasteiger partial charge in [-0.1, -0.05) is 0 Å². The molecule has 0 spiro atoms. The van der Waals surface area contributed by atoms with Crippen LogP contribution < -0.4 is 15.4 Å². The summed E-state index contributed by atoms with van der Waals surface area (Å²) in [7, 11) is 3.64. The molecule has 1 atom stereocenters. The molecule has 1 aromatic rings. The van der Waals surface area contributed by atoms with Gasteiger partial charge in [0.2, 0.25) is 0 Å². The number of ether oxygens (including phenoxy) is 2. The van der Waals surface area contributed by atoms with Crippen molar-refractivity contribution < 1.29 is 14.3 Å². The van der Waals surface area contributed by atoms with Gasteiger partial charge in [-0.05, 0) is 37.6 Å². The van der Waals surface area contributed by atoms with Gasteiger partial charge in [-0.15, -0.1) is 24.0 Å². The van der Waals surface area contributed by atoms with E-state index in [9.17, 15) is 4.79 Å². The second-order valence-electron chi connectivity index (χ2n) is 6.33. The molecule has 2 N–H and O–H groups in total. The van der Waals surface area contributed by atoms with Gasteiger partial charge in [0.1, 0.15) is 5.75 Å². The third kappa shape index (κ3) is 7.92. The molecule has 1 aliphatic rings. The molecule has 8 heteroatoms. The molecule has 0 aromatic heterocycles. The predicted molar refractivity (Wildman–Crippen MR) is 118 cm³/mol. The fourth-order valence-electron chi connectivity index (χ4n) is 2.85. The second kappa shape index (κ2) is 12.8. The number of halogens is 1. The lowest BCUT2D eigenvalue weighted by Crippen LogP contribution is -2.42. The van der Waals surface area contributed by atoms with Crippen LogP contribution in [0, 0.1) is 5.92 Å². The Labute approximate surface area is 178 Å². The number of rotatable bonds is 8. The number of carbonyl (C=O) groups excluding carboxylic acids is 1. The minimum absolute atomic E-state index is 0. The van der Waals surface area contributed by atoms with Gasteiger partial charge in [0.05, 0.1) is 20.3 Å². The first-order chi connectivity index (χ1) is 12.6. The van der Waals surface area contributed by atoms with Crippen LogP contribution in [0.25, 0.3) is 0 Å². The summed E-state index contributed by atoms with van der Waals surface area (Å²) in [6, 6.07) is 7.05. The molecule has 1 aromatic carbocycles. The fourth-order valence-corrected chi connectivity index (χ4v) is 2.85. The number of nitrogens with zero attached hydrogens (tertiary/aromatic N) is 2. The van der Waals surface area contributed by atoms with Crippen molar-refractivity contribution in [1.82, 2.24) is 15.5 Å². The number of aliphatic imine (C=N–C) groups is 1. The minimum Gasteiger partial charge on any atom is -0.497 e. The average Bonchev–Trinajstić information content (AvgIpc) is 3.17. The topological polar surface area (TPSA) is 75.2 Å². The second-order valence-corrected chi connectivity index (χ2v) is 6.33. The lowest BCUT2D eigenvalue weighted by molar-refractivity contribution is 0.0954. The number of benzene rings is 1. The fraction of sp³-hybridized carbons (Fsp3) is 0.579. The Morgan fingerprint density at radius 1 is 1.33 bits per heavy atom. The molecule has 1 amide bonds. The number of guanidine groups is 1. The van der Waals surface area contributed by atoms with Crippen LogP contribution in [0.5, 0.6) is 5.75 Å². The van der Waals surface area contributed by atoms with Crippen molar-refractivity contribution in [1.29, 1.82) is 0 Å². The van der Waals surface area contributed by atoms with Crippen LogP contribution in [0.4, 0.5) is 0 Å². The third-order valence-electron chi connectivity index (χ3n) is 4.26. The zero-order valence-corrected chi connectivity index (χ0v) is 18.7. The maximum atomic E-state index is 12.1. The Kier molecular flexibility index (Phi) is 11.1. The molecular formula is C19H31IN4O3. The summed E-state index contributed by atoms with van der Waals surface area (Å²) in [5.41, 5.74) is 0.611. The smallest absolute Gasteiger partial charge is 0.251 e. The lowest BCUT2D eigenvalue weighted by Gasteiger charge is -2.24. The molecule has 152 valence electrons.